The maximum atomic E-state index is 6.05. The summed E-state index contributed by atoms with van der Waals surface area (Å²) in [6.07, 6.45) is 0. The van der Waals surface area contributed by atoms with Crippen molar-refractivity contribution in [3.63, 3.8) is 0 Å². The Labute approximate surface area is 169 Å². The molecule has 4 aromatic rings. The maximum absolute atomic E-state index is 6.05. The highest BCUT2D eigenvalue weighted by atomic mass is 79.9. The lowest BCUT2D eigenvalue weighted by molar-refractivity contribution is 0.410. The molecule has 4 rings (SSSR count). The highest BCUT2D eigenvalue weighted by Gasteiger charge is 2.18. The molecule has 7 heteroatoms. The second-order valence-corrected chi connectivity index (χ2v) is 7.81. The van der Waals surface area contributed by atoms with Gasteiger partial charge in [-0.05, 0) is 36.8 Å². The average molecular weight is 444 g/mol. The van der Waals surface area contributed by atoms with E-state index in [1.54, 1.807) is 18.9 Å². The number of halogens is 1. The van der Waals surface area contributed by atoms with Gasteiger partial charge >= 0.3 is 0 Å². The maximum Gasteiger partial charge on any atom is 0.200 e. The Kier molecular flexibility index (Phi) is 5.22. The molecule has 0 aliphatic heterocycles. The van der Waals surface area contributed by atoms with Crippen molar-refractivity contribution in [1.82, 2.24) is 14.8 Å². The van der Waals surface area contributed by atoms with Gasteiger partial charge in [0.25, 0.3) is 0 Å². The van der Waals surface area contributed by atoms with Crippen molar-refractivity contribution in [3.8, 4) is 17.3 Å². The van der Waals surface area contributed by atoms with Gasteiger partial charge < -0.3 is 9.15 Å². The van der Waals surface area contributed by atoms with Gasteiger partial charge in [-0.1, -0.05) is 52.0 Å². The summed E-state index contributed by atoms with van der Waals surface area (Å²) in [5.41, 5.74) is 1.97. The topological polar surface area (TPSA) is 53.1 Å². The number of para-hydroxylation sites is 1. The zero-order valence-electron chi connectivity index (χ0n) is 15.0. The summed E-state index contributed by atoms with van der Waals surface area (Å²) in [6.45, 7) is 2.85. The van der Waals surface area contributed by atoms with Crippen LogP contribution in [0, 0.1) is 0 Å². The van der Waals surface area contributed by atoms with E-state index in [0.29, 0.717) is 11.5 Å². The van der Waals surface area contributed by atoms with Crippen molar-refractivity contribution in [2.75, 3.05) is 7.11 Å². The Morgan fingerprint density at radius 1 is 1.15 bits per heavy atom. The summed E-state index contributed by atoms with van der Waals surface area (Å²) in [5, 5.41) is 10.6. The molecule has 0 aliphatic carbocycles. The molecule has 0 N–H and O–H groups in total. The van der Waals surface area contributed by atoms with Gasteiger partial charge in [-0.15, -0.1) is 10.2 Å². The van der Waals surface area contributed by atoms with E-state index >= 15 is 0 Å². The molecule has 0 spiro atoms. The molecule has 138 valence electrons. The van der Waals surface area contributed by atoms with Gasteiger partial charge in [0.1, 0.15) is 0 Å². The molecule has 0 radical (unpaired) electrons. The third kappa shape index (κ3) is 3.61. The monoisotopic (exact) mass is 443 g/mol. The number of aromatic nitrogens is 3. The lowest BCUT2D eigenvalue weighted by atomic mass is 10.2. The summed E-state index contributed by atoms with van der Waals surface area (Å²) in [5.74, 6) is 2.97. The van der Waals surface area contributed by atoms with Crippen LogP contribution in [0.15, 0.2) is 62.6 Å². The van der Waals surface area contributed by atoms with Gasteiger partial charge in [0, 0.05) is 22.2 Å². The van der Waals surface area contributed by atoms with Gasteiger partial charge in [0.2, 0.25) is 5.82 Å². The molecule has 0 aliphatic rings. The largest absolute Gasteiger partial charge is 0.493 e. The molecule has 0 saturated carbocycles. The van der Waals surface area contributed by atoms with Crippen LogP contribution in [0.25, 0.3) is 22.6 Å². The van der Waals surface area contributed by atoms with E-state index in [2.05, 4.69) is 49.8 Å². The van der Waals surface area contributed by atoms with Crippen LogP contribution in [0.5, 0.6) is 5.75 Å². The quantitative estimate of drug-likeness (QED) is 0.353. The zero-order valence-corrected chi connectivity index (χ0v) is 17.4. The third-order valence-corrected chi connectivity index (χ3v) is 5.83. The van der Waals surface area contributed by atoms with Crippen LogP contribution >= 0.6 is 27.7 Å². The molecule has 2 heterocycles. The van der Waals surface area contributed by atoms with E-state index in [0.717, 1.165) is 38.7 Å². The Bertz CT molecular complexity index is 1070. The second kappa shape index (κ2) is 7.78. The van der Waals surface area contributed by atoms with E-state index in [-0.39, 0.29) is 0 Å². The Balaban J connectivity index is 1.63. The van der Waals surface area contributed by atoms with Gasteiger partial charge in [-0.2, -0.15) is 0 Å². The number of methoxy groups -OCH3 is 1. The summed E-state index contributed by atoms with van der Waals surface area (Å²) in [6, 6.07) is 16.1. The molecule has 0 bridgehead atoms. The lowest BCUT2D eigenvalue weighted by Crippen LogP contribution is -1.99. The summed E-state index contributed by atoms with van der Waals surface area (Å²) in [7, 11) is 1.64. The smallest absolute Gasteiger partial charge is 0.200 e. The van der Waals surface area contributed by atoms with E-state index in [1.165, 1.54) is 5.56 Å². The molecular formula is C20H18BrN3O2S. The molecule has 5 nitrogen and oxygen atoms in total. The lowest BCUT2D eigenvalue weighted by Gasteiger charge is -2.06. The van der Waals surface area contributed by atoms with Crippen LogP contribution in [0.2, 0.25) is 0 Å². The number of hydrogen-bond donors (Lipinski definition) is 0. The molecular weight excluding hydrogens is 426 g/mol. The van der Waals surface area contributed by atoms with Crippen molar-refractivity contribution in [1.29, 1.82) is 0 Å². The first-order chi connectivity index (χ1) is 13.2. The summed E-state index contributed by atoms with van der Waals surface area (Å²) < 4.78 is 14.6. The number of furan rings is 1. The molecule has 2 aromatic heterocycles. The SMILES string of the molecule is CCn1c(SCc2ccc(Br)cc2)nnc1-c1cc2cccc(OC)c2o1. The standard InChI is InChI=1S/C20H18BrN3O2S/c1-3-24-19(17-11-14-5-4-6-16(25-2)18(14)26-17)22-23-20(24)27-12-13-7-9-15(21)10-8-13/h4-11H,3,12H2,1-2H3. The molecule has 0 fully saturated rings. The van der Waals surface area contributed by atoms with Gasteiger partial charge in [0.05, 0.1) is 7.11 Å². The van der Waals surface area contributed by atoms with E-state index in [1.807, 2.05) is 36.4 Å². The highest BCUT2D eigenvalue weighted by Crippen LogP contribution is 2.34. The normalized spacial score (nSPS) is 11.2. The molecule has 27 heavy (non-hydrogen) atoms. The first-order valence-corrected chi connectivity index (χ1v) is 10.3. The van der Waals surface area contributed by atoms with E-state index in [4.69, 9.17) is 9.15 Å². The molecule has 0 saturated heterocycles. The minimum atomic E-state index is 0.694. The number of nitrogens with zero attached hydrogens (tertiary/aromatic N) is 3. The predicted octanol–water partition coefficient (Wildman–Crippen LogP) is 5.77. The average Bonchev–Trinajstić information content (AvgIpc) is 3.30. The number of fused-ring (bicyclic) bond motifs is 1. The Morgan fingerprint density at radius 2 is 1.96 bits per heavy atom. The molecule has 0 unspecified atom stereocenters. The van der Waals surface area contributed by atoms with Crippen LogP contribution in [0.3, 0.4) is 0 Å². The van der Waals surface area contributed by atoms with Crippen molar-refractivity contribution in [2.24, 2.45) is 0 Å². The fourth-order valence-corrected chi connectivity index (χ4v) is 4.12. The summed E-state index contributed by atoms with van der Waals surface area (Å²) in [4.78, 5) is 0. The zero-order chi connectivity index (χ0) is 18.8. The third-order valence-electron chi connectivity index (χ3n) is 4.26. The van der Waals surface area contributed by atoms with Gasteiger partial charge in [-0.25, -0.2) is 0 Å². The minimum Gasteiger partial charge on any atom is -0.493 e. The van der Waals surface area contributed by atoms with Gasteiger partial charge in [-0.3, -0.25) is 4.57 Å². The number of thioether (sulfide) groups is 1. The fourth-order valence-electron chi connectivity index (χ4n) is 2.90. The number of hydrogen-bond acceptors (Lipinski definition) is 5. The fraction of sp³-hybridized carbons (Fsp3) is 0.200. The molecule has 0 amide bonds. The summed E-state index contributed by atoms with van der Waals surface area (Å²) >= 11 is 5.13. The highest BCUT2D eigenvalue weighted by molar-refractivity contribution is 9.10. The van der Waals surface area contributed by atoms with Crippen molar-refractivity contribution in [3.05, 3.63) is 58.6 Å². The van der Waals surface area contributed by atoms with Crippen molar-refractivity contribution < 1.29 is 9.15 Å². The minimum absolute atomic E-state index is 0.694. The second-order valence-electron chi connectivity index (χ2n) is 5.95. The van der Waals surface area contributed by atoms with Crippen LogP contribution in [0.1, 0.15) is 12.5 Å². The van der Waals surface area contributed by atoms with Crippen LogP contribution in [-0.4, -0.2) is 21.9 Å². The van der Waals surface area contributed by atoms with Crippen LogP contribution in [-0.2, 0) is 12.3 Å². The van der Waals surface area contributed by atoms with Crippen LogP contribution in [0.4, 0.5) is 0 Å². The van der Waals surface area contributed by atoms with E-state index < -0.39 is 0 Å². The predicted molar refractivity (Wildman–Crippen MR) is 111 cm³/mol. The number of rotatable bonds is 6. The van der Waals surface area contributed by atoms with E-state index in [9.17, 15) is 0 Å². The van der Waals surface area contributed by atoms with Gasteiger partial charge in [0.15, 0.2) is 22.2 Å². The first-order valence-electron chi connectivity index (χ1n) is 8.57. The van der Waals surface area contributed by atoms with Crippen molar-refractivity contribution >= 4 is 38.7 Å². The molecule has 2 aromatic carbocycles. The Hall–Kier alpha value is -2.25. The van der Waals surface area contributed by atoms with Crippen LogP contribution < -0.4 is 4.74 Å². The number of benzene rings is 2. The molecule has 0 atom stereocenters. The Morgan fingerprint density at radius 3 is 2.70 bits per heavy atom. The number of ether oxygens (including phenoxy) is 1. The first kappa shape index (κ1) is 18.1. The van der Waals surface area contributed by atoms with Crippen molar-refractivity contribution in [2.45, 2.75) is 24.4 Å².